The van der Waals surface area contributed by atoms with Gasteiger partial charge in [-0.2, -0.15) is 26.3 Å². The van der Waals surface area contributed by atoms with Crippen LogP contribution in [0.4, 0.5) is 26.3 Å². The van der Waals surface area contributed by atoms with Crippen LogP contribution in [0.2, 0.25) is 0 Å². The second-order valence-corrected chi connectivity index (χ2v) is 6.69. The molecule has 0 amide bonds. The van der Waals surface area contributed by atoms with Crippen LogP contribution in [-0.4, -0.2) is 19.9 Å². The predicted molar refractivity (Wildman–Crippen MR) is 104 cm³/mol. The predicted octanol–water partition coefficient (Wildman–Crippen LogP) is 6.31. The molecule has 0 aliphatic rings. The summed E-state index contributed by atoms with van der Waals surface area (Å²) in [5.41, 5.74) is -1.09. The van der Waals surface area contributed by atoms with Crippen LogP contribution in [0.15, 0.2) is 73.1 Å². The van der Waals surface area contributed by atoms with Gasteiger partial charge in [0.25, 0.3) is 0 Å². The van der Waals surface area contributed by atoms with Crippen molar-refractivity contribution in [2.45, 2.75) is 12.4 Å². The molecule has 0 saturated carbocycles. The third-order valence-electron chi connectivity index (χ3n) is 4.45. The van der Waals surface area contributed by atoms with E-state index in [1.54, 1.807) is 30.3 Å². The van der Waals surface area contributed by atoms with Crippen molar-refractivity contribution in [3.05, 3.63) is 84.4 Å². The van der Waals surface area contributed by atoms with E-state index in [1.807, 2.05) is 6.07 Å². The first kappa shape index (κ1) is 21.4. The minimum atomic E-state index is -4.79. The molecule has 0 aliphatic carbocycles. The van der Waals surface area contributed by atoms with Gasteiger partial charge in [-0.3, -0.25) is 9.97 Å². The Bertz CT molecular complexity index is 1240. The molecule has 10 heteroatoms. The first-order chi connectivity index (χ1) is 15.1. The molecule has 4 aromatic rings. The normalized spacial score (nSPS) is 12.1. The van der Waals surface area contributed by atoms with E-state index in [4.69, 9.17) is 0 Å². The maximum Gasteiger partial charge on any atom is 0.433 e. The Labute approximate surface area is 177 Å². The topological polar surface area (TPSA) is 51.6 Å². The van der Waals surface area contributed by atoms with Crippen molar-refractivity contribution in [1.82, 2.24) is 19.9 Å². The number of alkyl halides is 6. The van der Waals surface area contributed by atoms with Gasteiger partial charge in [0.05, 0.1) is 11.4 Å². The fourth-order valence-electron chi connectivity index (χ4n) is 2.92. The number of hydrogen-bond donors (Lipinski definition) is 0. The molecule has 0 spiro atoms. The van der Waals surface area contributed by atoms with E-state index in [-0.39, 0.29) is 22.6 Å². The quantitative estimate of drug-likeness (QED) is 0.347. The number of rotatable bonds is 3. The molecule has 0 saturated heterocycles. The lowest BCUT2D eigenvalue weighted by atomic mass is 10.1. The number of nitrogens with zero attached hydrogens (tertiary/aromatic N) is 4. The summed E-state index contributed by atoms with van der Waals surface area (Å²) in [5.74, 6) is -0.241. The van der Waals surface area contributed by atoms with Gasteiger partial charge >= 0.3 is 12.4 Å². The molecule has 0 radical (unpaired) electrons. The van der Waals surface area contributed by atoms with Crippen molar-refractivity contribution in [2.75, 3.05) is 0 Å². The lowest BCUT2D eigenvalue weighted by Gasteiger charge is -2.12. The fourth-order valence-corrected chi connectivity index (χ4v) is 2.92. The maximum absolute atomic E-state index is 13.5. The van der Waals surface area contributed by atoms with Crippen molar-refractivity contribution in [3.8, 4) is 33.9 Å². The van der Waals surface area contributed by atoms with Crippen LogP contribution in [0.25, 0.3) is 33.9 Å². The summed E-state index contributed by atoms with van der Waals surface area (Å²) < 4.78 is 78.7. The zero-order valence-corrected chi connectivity index (χ0v) is 16.0. The molecule has 0 unspecified atom stereocenters. The van der Waals surface area contributed by atoms with E-state index in [0.717, 1.165) is 17.8 Å². The monoisotopic (exact) mass is 446 g/mol. The number of halogens is 6. The van der Waals surface area contributed by atoms with Crippen LogP contribution in [0.1, 0.15) is 11.4 Å². The Morgan fingerprint density at radius 1 is 0.562 bits per heavy atom. The highest BCUT2D eigenvalue weighted by Gasteiger charge is 2.35. The minimum absolute atomic E-state index is 0.00973. The molecule has 0 aliphatic heterocycles. The standard InChI is InChI=1S/C22H12F6N4/c23-21(24,25)18-7-6-15(12-30-18)17-11-19(22(26,27)28)32-20(31-17)14-8-9-29-16(10-14)13-4-2-1-3-5-13/h1-12H. The average Bonchev–Trinajstić information content (AvgIpc) is 2.78. The molecule has 4 rings (SSSR count). The summed E-state index contributed by atoms with van der Waals surface area (Å²) in [5, 5.41) is 0. The molecule has 0 atom stereocenters. The third kappa shape index (κ3) is 4.58. The summed E-state index contributed by atoms with van der Waals surface area (Å²) >= 11 is 0. The van der Waals surface area contributed by atoms with Crippen molar-refractivity contribution in [1.29, 1.82) is 0 Å². The molecule has 32 heavy (non-hydrogen) atoms. The summed E-state index contributed by atoms with van der Waals surface area (Å²) in [4.78, 5) is 15.3. The lowest BCUT2D eigenvalue weighted by molar-refractivity contribution is -0.141. The van der Waals surface area contributed by atoms with Gasteiger partial charge in [-0.25, -0.2) is 9.97 Å². The Hall–Kier alpha value is -3.82. The van der Waals surface area contributed by atoms with Crippen molar-refractivity contribution in [2.24, 2.45) is 0 Å². The molecule has 0 N–H and O–H groups in total. The molecule has 3 heterocycles. The Morgan fingerprint density at radius 2 is 1.28 bits per heavy atom. The first-order valence-electron chi connectivity index (χ1n) is 9.13. The number of hydrogen-bond acceptors (Lipinski definition) is 4. The van der Waals surface area contributed by atoms with Gasteiger partial charge in [-0.05, 0) is 30.3 Å². The molecule has 4 nitrogen and oxygen atoms in total. The third-order valence-corrected chi connectivity index (χ3v) is 4.45. The highest BCUT2D eigenvalue weighted by Crippen LogP contribution is 2.33. The second-order valence-electron chi connectivity index (χ2n) is 6.69. The summed E-state index contributed by atoms with van der Waals surface area (Å²) in [7, 11) is 0. The minimum Gasteiger partial charge on any atom is -0.256 e. The zero-order chi connectivity index (χ0) is 22.9. The van der Waals surface area contributed by atoms with Crippen LogP contribution in [-0.2, 0) is 12.4 Å². The number of aromatic nitrogens is 4. The highest BCUT2D eigenvalue weighted by atomic mass is 19.4. The highest BCUT2D eigenvalue weighted by molar-refractivity contribution is 5.68. The van der Waals surface area contributed by atoms with E-state index in [1.165, 1.54) is 12.3 Å². The smallest absolute Gasteiger partial charge is 0.256 e. The van der Waals surface area contributed by atoms with Gasteiger partial charge < -0.3 is 0 Å². The SMILES string of the molecule is FC(F)(F)c1ccc(-c2cc(C(F)(F)F)nc(-c3ccnc(-c4ccccc4)c3)n2)cn1. The van der Waals surface area contributed by atoms with E-state index in [9.17, 15) is 26.3 Å². The lowest BCUT2D eigenvalue weighted by Crippen LogP contribution is -2.11. The van der Waals surface area contributed by atoms with Gasteiger partial charge in [-0.1, -0.05) is 30.3 Å². The van der Waals surface area contributed by atoms with E-state index < -0.39 is 23.7 Å². The van der Waals surface area contributed by atoms with E-state index in [0.29, 0.717) is 17.8 Å². The van der Waals surface area contributed by atoms with Crippen LogP contribution >= 0.6 is 0 Å². The molecular weight excluding hydrogens is 434 g/mol. The fraction of sp³-hybridized carbons (Fsp3) is 0.0909. The van der Waals surface area contributed by atoms with Gasteiger partial charge in [-0.15, -0.1) is 0 Å². The molecule has 1 aromatic carbocycles. The van der Waals surface area contributed by atoms with E-state index in [2.05, 4.69) is 19.9 Å². The Balaban J connectivity index is 1.82. The molecule has 162 valence electrons. The molecule has 0 bridgehead atoms. The van der Waals surface area contributed by atoms with Gasteiger partial charge in [0.1, 0.15) is 11.4 Å². The van der Waals surface area contributed by atoms with Crippen LogP contribution in [0.3, 0.4) is 0 Å². The maximum atomic E-state index is 13.5. The second kappa shape index (κ2) is 8.03. The Kier molecular flexibility index (Phi) is 5.37. The van der Waals surface area contributed by atoms with Crippen molar-refractivity contribution >= 4 is 0 Å². The average molecular weight is 446 g/mol. The summed E-state index contributed by atoms with van der Waals surface area (Å²) in [6.07, 6.45) is -7.21. The number of benzene rings is 1. The van der Waals surface area contributed by atoms with Crippen LogP contribution in [0, 0.1) is 0 Å². The van der Waals surface area contributed by atoms with Gasteiger partial charge in [0.2, 0.25) is 0 Å². The molecule has 3 aromatic heterocycles. The first-order valence-corrected chi connectivity index (χ1v) is 9.13. The zero-order valence-electron chi connectivity index (χ0n) is 16.0. The Morgan fingerprint density at radius 3 is 1.91 bits per heavy atom. The van der Waals surface area contributed by atoms with Gasteiger partial charge in [0, 0.05) is 29.1 Å². The largest absolute Gasteiger partial charge is 0.433 e. The van der Waals surface area contributed by atoms with Gasteiger partial charge in [0.15, 0.2) is 5.82 Å². The molecule has 0 fully saturated rings. The van der Waals surface area contributed by atoms with E-state index >= 15 is 0 Å². The molecular formula is C22H12F6N4. The van der Waals surface area contributed by atoms with Crippen molar-refractivity contribution in [3.63, 3.8) is 0 Å². The number of pyridine rings is 2. The van der Waals surface area contributed by atoms with Crippen LogP contribution in [0.5, 0.6) is 0 Å². The summed E-state index contributed by atoms with van der Waals surface area (Å²) in [6, 6.07) is 14.3. The summed E-state index contributed by atoms with van der Waals surface area (Å²) in [6.45, 7) is 0. The van der Waals surface area contributed by atoms with Crippen LogP contribution < -0.4 is 0 Å². The van der Waals surface area contributed by atoms with Crippen molar-refractivity contribution < 1.29 is 26.3 Å².